The Bertz CT molecular complexity index is 821. The van der Waals surface area contributed by atoms with Gasteiger partial charge in [0.25, 0.3) is 0 Å². The third kappa shape index (κ3) is 9.64. The summed E-state index contributed by atoms with van der Waals surface area (Å²) in [5.41, 5.74) is 2.31. The number of allylic oxidation sites excluding steroid dienone is 1. The molecule has 0 spiro atoms. The minimum Gasteiger partial charge on any atom is -0.378 e. The third-order valence-corrected chi connectivity index (χ3v) is 5.37. The summed E-state index contributed by atoms with van der Waals surface area (Å²) in [6, 6.07) is 8.33. The Morgan fingerprint density at radius 1 is 1.33 bits per heavy atom. The van der Waals surface area contributed by atoms with E-state index in [1.807, 2.05) is 26.0 Å². The summed E-state index contributed by atoms with van der Waals surface area (Å²) in [7, 11) is 5.61. The first-order valence-corrected chi connectivity index (χ1v) is 10.7. The summed E-state index contributed by atoms with van der Waals surface area (Å²) < 4.78 is 0. The first kappa shape index (κ1) is 26.0. The van der Waals surface area contributed by atoms with E-state index < -0.39 is 6.23 Å². The summed E-state index contributed by atoms with van der Waals surface area (Å²) in [6.07, 6.45) is 8.95. The smallest absolute Gasteiger partial charge is 0.152 e. The van der Waals surface area contributed by atoms with Gasteiger partial charge in [0.05, 0.1) is 17.9 Å². The van der Waals surface area contributed by atoms with Gasteiger partial charge in [0.15, 0.2) is 5.04 Å². The van der Waals surface area contributed by atoms with Gasteiger partial charge in [0, 0.05) is 18.3 Å². The number of hydrogen-bond acceptors (Lipinski definition) is 5. The van der Waals surface area contributed by atoms with Crippen LogP contribution in [0.3, 0.4) is 0 Å². The van der Waals surface area contributed by atoms with Gasteiger partial charge in [-0.25, -0.2) is 4.99 Å². The van der Waals surface area contributed by atoms with Crippen molar-refractivity contribution < 1.29 is 5.11 Å². The molecule has 1 aromatic carbocycles. The Kier molecular flexibility index (Phi) is 11.5. The van der Waals surface area contributed by atoms with Gasteiger partial charge in [-0.1, -0.05) is 49.4 Å². The van der Waals surface area contributed by atoms with Gasteiger partial charge in [-0.05, 0) is 62.2 Å². The number of hydrogen-bond donors (Lipinski definition) is 1. The molecule has 0 aliphatic rings. The van der Waals surface area contributed by atoms with Crippen molar-refractivity contribution in [2.75, 3.05) is 21.1 Å². The maximum Gasteiger partial charge on any atom is 0.152 e. The van der Waals surface area contributed by atoms with Gasteiger partial charge < -0.3 is 10.0 Å². The van der Waals surface area contributed by atoms with Crippen LogP contribution in [0.15, 0.2) is 57.1 Å². The monoisotopic (exact) mass is 446 g/mol. The molecule has 0 amide bonds. The molecule has 0 bridgehead atoms. The predicted molar refractivity (Wildman–Crippen MR) is 132 cm³/mol. The molecule has 0 radical (unpaired) electrons. The van der Waals surface area contributed by atoms with Crippen LogP contribution in [-0.4, -0.2) is 53.7 Å². The number of terminal acetylenes is 1. The number of aliphatic imine (C=N–C) groups is 2. The highest BCUT2D eigenvalue weighted by Crippen LogP contribution is 2.22. The van der Waals surface area contributed by atoms with Gasteiger partial charge in [-0.2, -0.15) is 0 Å². The normalized spacial score (nSPS) is 14.6. The SMILES string of the molecule is C#CC(=N/C=C(\C)Cl)SC(=C)N(C)C=NCc1ccc(C(C)CC(O)N(C)C)cc1. The zero-order valence-electron chi connectivity index (χ0n) is 18.3. The molecule has 2 atom stereocenters. The van der Waals surface area contributed by atoms with E-state index in [0.29, 0.717) is 28.1 Å². The van der Waals surface area contributed by atoms with Crippen LogP contribution in [0.2, 0.25) is 0 Å². The van der Waals surface area contributed by atoms with Gasteiger partial charge in [-0.3, -0.25) is 9.89 Å². The number of nitrogens with zero attached hydrogens (tertiary/aromatic N) is 4. The Labute approximate surface area is 190 Å². The van der Waals surface area contributed by atoms with E-state index in [1.165, 1.54) is 23.5 Å². The van der Waals surface area contributed by atoms with Crippen LogP contribution >= 0.6 is 23.4 Å². The van der Waals surface area contributed by atoms with Gasteiger partial charge >= 0.3 is 0 Å². The Hall–Kier alpha value is -2.04. The Morgan fingerprint density at radius 3 is 2.50 bits per heavy atom. The summed E-state index contributed by atoms with van der Waals surface area (Å²) in [6.45, 7) is 8.42. The molecule has 0 fully saturated rings. The van der Waals surface area contributed by atoms with E-state index in [-0.39, 0.29) is 5.92 Å². The lowest BCUT2D eigenvalue weighted by atomic mass is 9.96. The molecule has 7 heteroatoms. The fraction of sp³-hybridized carbons (Fsp3) is 0.391. The van der Waals surface area contributed by atoms with Crippen molar-refractivity contribution in [2.24, 2.45) is 9.98 Å². The van der Waals surface area contributed by atoms with Crippen molar-refractivity contribution in [2.45, 2.75) is 39.0 Å². The number of halogens is 1. The van der Waals surface area contributed by atoms with E-state index >= 15 is 0 Å². The second-order valence-electron chi connectivity index (χ2n) is 7.18. The minimum atomic E-state index is -0.444. The van der Waals surface area contributed by atoms with E-state index in [9.17, 15) is 5.11 Å². The molecule has 30 heavy (non-hydrogen) atoms. The topological polar surface area (TPSA) is 51.4 Å². The lowest BCUT2D eigenvalue weighted by Crippen LogP contribution is -2.28. The quantitative estimate of drug-likeness (QED) is 0.241. The van der Waals surface area contributed by atoms with Crippen LogP contribution in [-0.2, 0) is 6.54 Å². The van der Waals surface area contributed by atoms with E-state index in [0.717, 1.165) is 5.56 Å². The van der Waals surface area contributed by atoms with E-state index in [4.69, 9.17) is 18.0 Å². The molecule has 1 rings (SSSR count). The molecule has 1 aromatic rings. The maximum absolute atomic E-state index is 10.0. The molecular formula is C23H31ClN4OS. The standard InChI is InChI=1S/C23H31ClN4OS/c1-8-22(26-14-18(3)24)30-19(4)28(7)16-25-15-20-9-11-21(12-10-20)17(2)13-23(29)27(5)6/h1,9-12,14,16-17,23,29H,4,13,15H2,2-3,5-7H3/b18-14+,25-16?,26-22?. The third-order valence-electron chi connectivity index (χ3n) is 4.33. The highest BCUT2D eigenvalue weighted by Gasteiger charge is 2.13. The molecule has 0 aromatic heterocycles. The second-order valence-corrected chi connectivity index (χ2v) is 8.84. The summed E-state index contributed by atoms with van der Waals surface area (Å²) in [5.74, 6) is 2.79. The first-order chi connectivity index (χ1) is 14.1. The molecule has 0 aliphatic heterocycles. The molecule has 0 aliphatic carbocycles. The van der Waals surface area contributed by atoms with Crippen LogP contribution in [0.5, 0.6) is 0 Å². The summed E-state index contributed by atoms with van der Waals surface area (Å²) in [5, 5.41) is 11.8. The lowest BCUT2D eigenvalue weighted by molar-refractivity contribution is 0.0287. The van der Waals surface area contributed by atoms with Crippen molar-refractivity contribution >= 4 is 34.7 Å². The molecule has 0 saturated carbocycles. The highest BCUT2D eigenvalue weighted by molar-refractivity contribution is 8.17. The number of aliphatic hydroxyl groups is 1. The number of benzene rings is 1. The largest absolute Gasteiger partial charge is 0.378 e. The van der Waals surface area contributed by atoms with E-state index in [1.54, 1.807) is 18.2 Å². The number of rotatable bonds is 10. The van der Waals surface area contributed by atoms with Gasteiger partial charge in [0.2, 0.25) is 0 Å². The fourth-order valence-electron chi connectivity index (χ4n) is 2.37. The zero-order chi connectivity index (χ0) is 22.7. The minimum absolute atomic E-state index is 0.274. The summed E-state index contributed by atoms with van der Waals surface area (Å²) >= 11 is 7.06. The second kappa shape index (κ2) is 13.3. The van der Waals surface area contributed by atoms with Gasteiger partial charge in [0.1, 0.15) is 6.23 Å². The van der Waals surface area contributed by atoms with Crippen LogP contribution in [0.1, 0.15) is 37.3 Å². The van der Waals surface area contributed by atoms with E-state index in [2.05, 4.69) is 53.7 Å². The Balaban J connectivity index is 2.60. The maximum atomic E-state index is 10.0. The Morgan fingerprint density at radius 2 is 1.97 bits per heavy atom. The lowest BCUT2D eigenvalue weighted by Gasteiger charge is -2.22. The fourth-order valence-corrected chi connectivity index (χ4v) is 3.00. The molecule has 2 unspecified atom stereocenters. The van der Waals surface area contributed by atoms with Gasteiger partial charge in [-0.15, -0.1) is 6.42 Å². The first-order valence-electron chi connectivity index (χ1n) is 9.53. The van der Waals surface area contributed by atoms with Crippen molar-refractivity contribution in [3.8, 4) is 12.3 Å². The molecule has 0 heterocycles. The average molecular weight is 447 g/mol. The number of aliphatic hydroxyl groups excluding tert-OH is 1. The van der Waals surface area contributed by atoms with Crippen molar-refractivity contribution in [1.82, 2.24) is 9.80 Å². The molecule has 0 saturated heterocycles. The predicted octanol–water partition coefficient (Wildman–Crippen LogP) is 4.86. The zero-order valence-corrected chi connectivity index (χ0v) is 19.9. The molecule has 162 valence electrons. The molecule has 1 N–H and O–H groups in total. The van der Waals surface area contributed by atoms with Crippen LogP contribution in [0, 0.1) is 12.3 Å². The molecular weight excluding hydrogens is 416 g/mol. The highest BCUT2D eigenvalue weighted by atomic mass is 35.5. The van der Waals surface area contributed by atoms with Crippen LogP contribution < -0.4 is 0 Å². The van der Waals surface area contributed by atoms with Crippen LogP contribution in [0.25, 0.3) is 0 Å². The summed E-state index contributed by atoms with van der Waals surface area (Å²) in [4.78, 5) is 12.2. The van der Waals surface area contributed by atoms with Crippen molar-refractivity contribution in [3.05, 3.63) is 58.2 Å². The number of thioether (sulfide) groups is 1. The van der Waals surface area contributed by atoms with Crippen LogP contribution in [0.4, 0.5) is 0 Å². The molecule has 5 nitrogen and oxygen atoms in total. The van der Waals surface area contributed by atoms with Crippen molar-refractivity contribution in [1.29, 1.82) is 0 Å². The average Bonchev–Trinajstić information content (AvgIpc) is 2.70. The van der Waals surface area contributed by atoms with Crippen molar-refractivity contribution in [3.63, 3.8) is 0 Å².